The van der Waals surface area contributed by atoms with E-state index in [0.717, 1.165) is 45.2 Å². The summed E-state index contributed by atoms with van der Waals surface area (Å²) in [7, 11) is 0. The number of benzene rings is 4. The zero-order valence-electron chi connectivity index (χ0n) is 28.4. The molecule has 2 heteroatoms. The van der Waals surface area contributed by atoms with E-state index in [1.165, 1.54) is 78.1 Å². The largest absolute Gasteiger partial charge is 0.317 e. The lowest BCUT2D eigenvalue weighted by Gasteiger charge is -2.26. The van der Waals surface area contributed by atoms with Crippen molar-refractivity contribution in [3.8, 4) is 5.69 Å². The van der Waals surface area contributed by atoms with Crippen LogP contribution in [0.15, 0.2) is 139 Å². The Morgan fingerprint density at radius 3 is 2.29 bits per heavy atom. The van der Waals surface area contributed by atoms with Crippen LogP contribution in [0.5, 0.6) is 0 Å². The summed E-state index contributed by atoms with van der Waals surface area (Å²) in [6.45, 7) is 6.65. The van der Waals surface area contributed by atoms with Gasteiger partial charge in [0.1, 0.15) is 0 Å². The number of fused-ring (bicyclic) bond motifs is 5. The van der Waals surface area contributed by atoms with Gasteiger partial charge in [-0.1, -0.05) is 123 Å². The van der Waals surface area contributed by atoms with Crippen molar-refractivity contribution in [3.63, 3.8) is 0 Å². The first-order valence-electron chi connectivity index (χ1n) is 18.1. The number of rotatable bonds is 9. The Bertz CT molecular complexity index is 2180. The lowest BCUT2D eigenvalue weighted by molar-refractivity contribution is 0.365. The van der Waals surface area contributed by atoms with Crippen molar-refractivity contribution in [2.45, 2.75) is 52.4 Å². The van der Waals surface area contributed by atoms with Crippen molar-refractivity contribution in [1.82, 2.24) is 9.88 Å². The summed E-state index contributed by atoms with van der Waals surface area (Å²) in [6, 6.07) is 29.6. The molecular weight excluding hydrogens is 581 g/mol. The molecule has 8 rings (SSSR count). The average Bonchev–Trinajstić information content (AvgIpc) is 3.49. The highest BCUT2D eigenvalue weighted by molar-refractivity contribution is 6.23. The van der Waals surface area contributed by atoms with Gasteiger partial charge >= 0.3 is 0 Å². The van der Waals surface area contributed by atoms with Crippen LogP contribution >= 0.6 is 0 Å². The number of nitrogens with one attached hydrogen (secondary N) is 1. The van der Waals surface area contributed by atoms with Crippen molar-refractivity contribution in [2.24, 2.45) is 11.8 Å². The Hall–Kier alpha value is -4.66. The second-order valence-corrected chi connectivity index (χ2v) is 13.7. The van der Waals surface area contributed by atoms with Crippen molar-refractivity contribution in [1.29, 1.82) is 0 Å². The number of para-hydroxylation sites is 1. The second-order valence-electron chi connectivity index (χ2n) is 13.7. The highest BCUT2D eigenvalue weighted by Crippen LogP contribution is 2.43. The van der Waals surface area contributed by atoms with Crippen LogP contribution < -0.4 is 5.32 Å². The van der Waals surface area contributed by atoms with Crippen molar-refractivity contribution >= 4 is 43.7 Å². The third kappa shape index (κ3) is 5.63. The lowest BCUT2D eigenvalue weighted by Crippen LogP contribution is -2.27. The van der Waals surface area contributed by atoms with E-state index in [9.17, 15) is 0 Å². The number of hydrogen-bond donors (Lipinski definition) is 1. The maximum absolute atomic E-state index is 3.59. The molecule has 0 saturated heterocycles. The van der Waals surface area contributed by atoms with E-state index >= 15 is 0 Å². The van der Waals surface area contributed by atoms with Crippen LogP contribution in [-0.4, -0.2) is 17.7 Å². The number of aromatic nitrogens is 1. The van der Waals surface area contributed by atoms with Crippen LogP contribution in [0.1, 0.15) is 63.5 Å². The quantitative estimate of drug-likeness (QED) is 0.172. The van der Waals surface area contributed by atoms with E-state index < -0.39 is 0 Å². The molecule has 2 atom stereocenters. The maximum Gasteiger partial charge on any atom is 0.0553 e. The van der Waals surface area contributed by atoms with Gasteiger partial charge in [-0.2, -0.15) is 0 Å². The van der Waals surface area contributed by atoms with Gasteiger partial charge in [0.05, 0.1) is 11.0 Å². The smallest absolute Gasteiger partial charge is 0.0553 e. The molecule has 0 fully saturated rings. The molecule has 1 heterocycles. The van der Waals surface area contributed by atoms with Crippen LogP contribution in [-0.2, 0) is 0 Å². The molecule has 1 aromatic heterocycles. The summed E-state index contributed by atoms with van der Waals surface area (Å²) in [6.07, 6.45) is 25.7. The summed E-state index contributed by atoms with van der Waals surface area (Å²) in [5.41, 5.74) is 12.2. The number of allylic oxidation sites excluding steroid dienone is 12. The van der Waals surface area contributed by atoms with Gasteiger partial charge in [0.15, 0.2) is 0 Å². The molecule has 5 aromatic rings. The van der Waals surface area contributed by atoms with E-state index in [-0.39, 0.29) is 0 Å². The standard InChI is InChI=1S/C46H46N2/c1-3-32(31-47-4-2)34-23-25-37(26-24-34)43-30-45-46(41-18-12-11-17-40(41)43)42-28-27-38(29-44(42)48(45)39-15-9-6-10-16-39)36-21-19-35(20-22-36)33-13-7-5-8-14-33/h5-7,9-13,15-19,21,23,25-30,32,34,47H,3-4,8,14,20,22,24,31H2,1-2H3. The van der Waals surface area contributed by atoms with Gasteiger partial charge in [0, 0.05) is 16.5 Å². The predicted molar refractivity (Wildman–Crippen MR) is 208 cm³/mol. The molecule has 0 radical (unpaired) electrons. The molecule has 240 valence electrons. The first-order valence-corrected chi connectivity index (χ1v) is 18.1. The SMILES string of the molecule is CCNCC(CC)C1C=CC(c2cc3c(c4ccccc24)c2ccc(C4=CC=C(C5=CC=CCC5)CC4)cc2n3-c2ccccc2)=CC1. The molecule has 48 heavy (non-hydrogen) atoms. The van der Waals surface area contributed by atoms with Crippen molar-refractivity contribution in [2.75, 3.05) is 13.1 Å². The highest BCUT2D eigenvalue weighted by Gasteiger charge is 2.23. The maximum atomic E-state index is 3.59. The van der Waals surface area contributed by atoms with Gasteiger partial charge in [0.25, 0.3) is 0 Å². The van der Waals surface area contributed by atoms with Crippen LogP contribution in [0.3, 0.4) is 0 Å². The molecule has 0 aliphatic heterocycles. The highest BCUT2D eigenvalue weighted by atomic mass is 15.0. The molecule has 4 aromatic carbocycles. The van der Waals surface area contributed by atoms with Crippen molar-refractivity contribution < 1.29 is 0 Å². The van der Waals surface area contributed by atoms with E-state index in [4.69, 9.17) is 0 Å². The number of hydrogen-bond acceptors (Lipinski definition) is 1. The van der Waals surface area contributed by atoms with Gasteiger partial charge in [-0.3, -0.25) is 0 Å². The normalized spacial score (nSPS) is 18.6. The molecule has 2 unspecified atom stereocenters. The van der Waals surface area contributed by atoms with Gasteiger partial charge in [-0.25, -0.2) is 0 Å². The summed E-state index contributed by atoms with van der Waals surface area (Å²) in [5, 5.41) is 8.90. The van der Waals surface area contributed by atoms with Crippen molar-refractivity contribution in [3.05, 3.63) is 150 Å². The number of nitrogens with zero attached hydrogens (tertiary/aromatic N) is 1. The van der Waals surface area contributed by atoms with Gasteiger partial charge in [0.2, 0.25) is 0 Å². The molecule has 0 spiro atoms. The van der Waals surface area contributed by atoms with E-state index in [2.05, 4.69) is 151 Å². The van der Waals surface area contributed by atoms with E-state index in [0.29, 0.717) is 11.8 Å². The van der Waals surface area contributed by atoms with Crippen LogP contribution in [0.25, 0.3) is 49.4 Å². The fraction of sp³-hybridized carbons (Fsp3) is 0.261. The minimum absolute atomic E-state index is 0.582. The molecule has 3 aliphatic rings. The van der Waals surface area contributed by atoms with Crippen LogP contribution in [0.2, 0.25) is 0 Å². The molecule has 3 aliphatic carbocycles. The first-order chi connectivity index (χ1) is 23.7. The topological polar surface area (TPSA) is 17.0 Å². The first kappa shape index (κ1) is 30.7. The fourth-order valence-electron chi connectivity index (χ4n) is 8.30. The average molecular weight is 627 g/mol. The van der Waals surface area contributed by atoms with Gasteiger partial charge in [-0.15, -0.1) is 0 Å². The molecule has 0 bridgehead atoms. The summed E-state index contributed by atoms with van der Waals surface area (Å²) >= 11 is 0. The fourth-order valence-corrected chi connectivity index (χ4v) is 8.30. The molecule has 1 N–H and O–H groups in total. The summed E-state index contributed by atoms with van der Waals surface area (Å²) in [5.74, 6) is 1.24. The molecule has 2 nitrogen and oxygen atoms in total. The van der Waals surface area contributed by atoms with Gasteiger partial charge in [-0.05, 0) is 125 Å². The second kappa shape index (κ2) is 13.5. The summed E-state index contributed by atoms with van der Waals surface area (Å²) in [4.78, 5) is 0. The van der Waals surface area contributed by atoms with E-state index in [1.807, 2.05) is 0 Å². The summed E-state index contributed by atoms with van der Waals surface area (Å²) < 4.78 is 2.51. The third-order valence-electron chi connectivity index (χ3n) is 11.0. The van der Waals surface area contributed by atoms with Gasteiger partial charge < -0.3 is 9.88 Å². The Morgan fingerprint density at radius 2 is 1.56 bits per heavy atom. The van der Waals surface area contributed by atoms with Crippen LogP contribution in [0.4, 0.5) is 0 Å². The molecular formula is C46H46N2. The molecule has 0 amide bonds. The van der Waals surface area contributed by atoms with E-state index in [1.54, 1.807) is 0 Å². The van der Waals surface area contributed by atoms with Crippen LogP contribution in [0, 0.1) is 11.8 Å². The Balaban J connectivity index is 1.27. The Morgan fingerprint density at radius 1 is 0.771 bits per heavy atom. The monoisotopic (exact) mass is 626 g/mol. The minimum atomic E-state index is 0.582. The zero-order valence-corrected chi connectivity index (χ0v) is 28.4. The lowest BCUT2D eigenvalue weighted by atomic mass is 9.82. The Labute approximate surface area is 285 Å². The third-order valence-corrected chi connectivity index (χ3v) is 11.0. The zero-order chi connectivity index (χ0) is 32.5. The Kier molecular flexibility index (Phi) is 8.59. The minimum Gasteiger partial charge on any atom is -0.317 e. The molecule has 0 saturated carbocycles. The predicted octanol–water partition coefficient (Wildman–Crippen LogP) is 11.9.